The predicted octanol–water partition coefficient (Wildman–Crippen LogP) is 3.07. The van der Waals surface area contributed by atoms with E-state index in [1.165, 1.54) is 34.8 Å². The van der Waals surface area contributed by atoms with Gasteiger partial charge in [0.15, 0.2) is 31.3 Å². The van der Waals surface area contributed by atoms with Crippen LogP contribution in [0.4, 0.5) is 0 Å². The second kappa shape index (κ2) is 31.9. The average Bonchev–Trinajstić information content (AvgIpc) is 1.18. The molecular formula is C78H116ClNO25. The molecule has 0 spiro atoms. The molecule has 14 N–H and O–H groups in total. The topological polar surface area (TPSA) is 396 Å². The molecule has 32 atom stereocenters. The number of rotatable bonds is 14. The molecule has 105 heavy (non-hydrogen) atoms. The molecule has 13 rings (SSSR count). The Hall–Kier alpha value is -3.54. The standard InChI is InChI=1S/C58H94O25.C20H21N.ClH/c1-23-44(80-47-40(69)34(63)27(60)21-74-47)38(67)42(71)48(76-23)79-33-13-14-55(7)30(54(33,5)6)12-15-56(8)31(55)11-10-25-26-18-53(3,4)16-17-58(26,32(62)19-57(25,56)9)52(73)83-51-46(35(64)28(61)22-75-51)82-49-43(72)39(68)45(24(2)77-49)81-50-41(70)37(66)36(65)29(20-59)78-50;1-21(2)15-7-12-20-18-10-5-3-8-16(18)13-14-17-9-4-6-11-19(17)20;/h10,23-24,26-51,59-72H,11-22H2,1-9H3;3-6,8-14H,7,15H2,1-2H3;1H. The second-order valence-corrected chi connectivity index (χ2v) is 34.0. The number of hydrogen-bond acceptors (Lipinski definition) is 26. The van der Waals surface area contributed by atoms with Crippen molar-refractivity contribution in [1.82, 2.24) is 4.90 Å². The lowest BCUT2D eigenvalue weighted by Crippen LogP contribution is -2.68. The van der Waals surface area contributed by atoms with Gasteiger partial charge < -0.3 is 124 Å². The van der Waals surface area contributed by atoms with Crippen LogP contribution in [0.3, 0.4) is 0 Å². The Morgan fingerprint density at radius 3 is 1.70 bits per heavy atom. The van der Waals surface area contributed by atoms with E-state index in [1.54, 1.807) is 6.92 Å². The smallest absolute Gasteiger partial charge is 0.317 e. The number of benzene rings is 2. The van der Waals surface area contributed by atoms with E-state index in [0.29, 0.717) is 25.7 Å². The molecule has 590 valence electrons. The molecule has 11 aliphatic rings. The number of halogens is 1. The molecule has 4 saturated carbocycles. The lowest BCUT2D eigenvalue weighted by atomic mass is 9.33. The third kappa shape index (κ3) is 15.0. The molecule has 0 aromatic heterocycles. The van der Waals surface area contributed by atoms with Gasteiger partial charge in [0.1, 0.15) is 97.0 Å². The molecule has 32 unspecified atom stereocenters. The van der Waals surface area contributed by atoms with Crippen molar-refractivity contribution >= 4 is 36.1 Å². The monoisotopic (exact) mass is 1500 g/mol. The molecule has 26 nitrogen and oxygen atoms in total. The maximum atomic E-state index is 15.4. The number of ether oxygens (including phenoxy) is 10. The van der Waals surface area contributed by atoms with Crippen LogP contribution >= 0.6 is 12.4 Å². The number of hydrogen-bond donors (Lipinski definition) is 14. The number of nitrogens with zero attached hydrogens (tertiary/aromatic N) is 1. The van der Waals surface area contributed by atoms with Crippen LogP contribution < -0.4 is 0 Å². The van der Waals surface area contributed by atoms with E-state index < -0.39 is 195 Å². The zero-order valence-corrected chi connectivity index (χ0v) is 62.9. The van der Waals surface area contributed by atoms with Crippen LogP contribution in [0.25, 0.3) is 17.7 Å². The van der Waals surface area contributed by atoms with Crippen molar-refractivity contribution in [1.29, 1.82) is 0 Å². The molecule has 2 aromatic carbocycles. The summed E-state index contributed by atoms with van der Waals surface area (Å²) in [5.41, 5.74) is 4.33. The van der Waals surface area contributed by atoms with Crippen LogP contribution in [-0.2, 0) is 52.2 Å². The fourth-order valence-corrected chi connectivity index (χ4v) is 20.3. The maximum Gasteiger partial charge on any atom is 0.317 e. The van der Waals surface area contributed by atoms with E-state index in [0.717, 1.165) is 37.8 Å². The highest BCUT2D eigenvalue weighted by Crippen LogP contribution is 2.76. The summed E-state index contributed by atoms with van der Waals surface area (Å²) in [7, 11) is 4.24. The van der Waals surface area contributed by atoms with Crippen LogP contribution in [0.1, 0.15) is 149 Å². The normalized spacial score (nSPS) is 46.2. The average molecular weight is 1500 g/mol. The van der Waals surface area contributed by atoms with E-state index in [9.17, 15) is 71.5 Å². The van der Waals surface area contributed by atoms with Gasteiger partial charge in [0.25, 0.3) is 0 Å². The largest absolute Gasteiger partial charge is 0.432 e. The Kier molecular flexibility index (Phi) is 25.1. The summed E-state index contributed by atoms with van der Waals surface area (Å²) in [6, 6.07) is 17.3. The van der Waals surface area contributed by atoms with Gasteiger partial charge in [-0.05, 0) is 165 Å². The highest BCUT2D eigenvalue weighted by atomic mass is 35.5. The van der Waals surface area contributed by atoms with E-state index in [2.05, 4.69) is 140 Å². The molecule has 5 aliphatic heterocycles. The number of aliphatic hydroxyl groups excluding tert-OH is 14. The van der Waals surface area contributed by atoms with Crippen LogP contribution in [0.2, 0.25) is 0 Å². The molecule has 5 saturated heterocycles. The van der Waals surface area contributed by atoms with Crippen molar-refractivity contribution in [3.63, 3.8) is 0 Å². The lowest BCUT2D eigenvalue weighted by Gasteiger charge is -2.71. The minimum atomic E-state index is -1.93. The molecule has 5 heterocycles. The Balaban J connectivity index is 0.000000427. The zero-order valence-electron chi connectivity index (χ0n) is 62.1. The number of carbonyl (C=O) groups excluding carboxylic acids is 1. The van der Waals surface area contributed by atoms with Crippen LogP contribution in [0.5, 0.6) is 0 Å². The molecule has 0 radical (unpaired) electrons. The van der Waals surface area contributed by atoms with E-state index in [-0.39, 0.29) is 59.9 Å². The summed E-state index contributed by atoms with van der Waals surface area (Å²) in [6.07, 6.45) is -21.3. The predicted molar refractivity (Wildman–Crippen MR) is 381 cm³/mol. The van der Waals surface area contributed by atoms with Gasteiger partial charge >= 0.3 is 5.97 Å². The van der Waals surface area contributed by atoms with Gasteiger partial charge in [-0.2, -0.15) is 0 Å². The number of esters is 1. The SMILES string of the molecule is CC1OC(OC2CCC3(C)C(CCC4(C)C3CC=C3C5CC(C)(C)CCC5(C(=O)OC5OCC(O)C(O)C5OC5OC(C)C(OC6OC(CO)C(O)C(O)C6O)C(O)C5O)C(O)CC34C)C2(C)C)C(O)C(O)C1OC1OCC(O)C(O)C1O.CN(C)CCC=C1c2ccccc2C=Cc2ccccc21.Cl. The van der Waals surface area contributed by atoms with Crippen molar-refractivity contribution in [2.75, 3.05) is 40.5 Å². The van der Waals surface area contributed by atoms with Crippen molar-refractivity contribution in [3.8, 4) is 0 Å². The quantitative estimate of drug-likeness (QED) is 0.0626. The van der Waals surface area contributed by atoms with Crippen molar-refractivity contribution in [2.24, 2.45) is 50.2 Å². The molecule has 6 aliphatic carbocycles. The van der Waals surface area contributed by atoms with Gasteiger partial charge in [0, 0.05) is 6.54 Å². The summed E-state index contributed by atoms with van der Waals surface area (Å²) in [6.45, 7) is 18.3. The number of carbonyl (C=O) groups is 1. The zero-order chi connectivity index (χ0) is 75.2. The van der Waals surface area contributed by atoms with E-state index in [1.807, 2.05) is 0 Å². The number of fused-ring (bicyclic) bond motifs is 9. The maximum absolute atomic E-state index is 15.4. The number of aliphatic hydroxyl groups is 14. The van der Waals surface area contributed by atoms with Gasteiger partial charge in [0.2, 0.25) is 6.29 Å². The molecule has 2 aromatic rings. The molecular weight excluding hydrogens is 1390 g/mol. The fourth-order valence-electron chi connectivity index (χ4n) is 20.3. The highest BCUT2D eigenvalue weighted by molar-refractivity contribution is 5.93. The Morgan fingerprint density at radius 2 is 1.10 bits per heavy atom. The minimum Gasteiger partial charge on any atom is -0.432 e. The third-order valence-corrected chi connectivity index (χ3v) is 26.6. The summed E-state index contributed by atoms with van der Waals surface area (Å²) >= 11 is 0. The molecule has 0 amide bonds. The second-order valence-electron chi connectivity index (χ2n) is 34.0. The van der Waals surface area contributed by atoms with E-state index >= 15 is 4.79 Å². The minimum absolute atomic E-state index is 0. The third-order valence-electron chi connectivity index (χ3n) is 26.6. The van der Waals surface area contributed by atoms with Crippen molar-refractivity contribution in [3.05, 3.63) is 88.5 Å². The van der Waals surface area contributed by atoms with Crippen molar-refractivity contribution in [2.45, 2.75) is 280 Å². The summed E-state index contributed by atoms with van der Waals surface area (Å²) in [5.74, 6) is -1.00. The molecule has 27 heteroatoms. The first-order valence-corrected chi connectivity index (χ1v) is 37.4. The van der Waals surface area contributed by atoms with Crippen LogP contribution in [0.15, 0.2) is 66.3 Å². The Bertz CT molecular complexity index is 3360. The van der Waals surface area contributed by atoms with Crippen molar-refractivity contribution < 1.29 is 124 Å². The fraction of sp³-hybridized carbons (Fsp3) is 0.756. The number of allylic oxidation sites excluding steroid dienone is 2. The first kappa shape index (κ1) is 82.4. The van der Waals surface area contributed by atoms with E-state index in [4.69, 9.17) is 47.4 Å². The molecule has 0 bridgehead atoms. The van der Waals surface area contributed by atoms with Gasteiger partial charge in [0.05, 0.1) is 44.2 Å². The first-order valence-electron chi connectivity index (χ1n) is 37.4. The lowest BCUT2D eigenvalue weighted by molar-refractivity contribution is -0.374. The summed E-state index contributed by atoms with van der Waals surface area (Å²) in [4.78, 5) is 17.6. The Morgan fingerprint density at radius 1 is 0.571 bits per heavy atom. The first-order chi connectivity index (χ1) is 49.0. The van der Waals surface area contributed by atoms with Gasteiger partial charge in [-0.15, -0.1) is 12.4 Å². The highest BCUT2D eigenvalue weighted by Gasteiger charge is 2.72. The van der Waals surface area contributed by atoms with Gasteiger partial charge in [-0.1, -0.05) is 127 Å². The van der Waals surface area contributed by atoms with Gasteiger partial charge in [-0.3, -0.25) is 4.79 Å². The van der Waals surface area contributed by atoms with Crippen LogP contribution in [-0.4, -0.2) is 276 Å². The molecule has 9 fully saturated rings. The van der Waals surface area contributed by atoms with Crippen LogP contribution in [0, 0.1) is 50.2 Å². The summed E-state index contributed by atoms with van der Waals surface area (Å²) < 4.78 is 59.6. The Labute approximate surface area is 621 Å². The summed E-state index contributed by atoms with van der Waals surface area (Å²) in [5, 5.41) is 152. The van der Waals surface area contributed by atoms with Gasteiger partial charge in [-0.25, -0.2) is 0 Å².